The normalized spacial score (nSPS) is 13.0. The van der Waals surface area contributed by atoms with Gasteiger partial charge in [-0.2, -0.15) is 13.2 Å². The van der Waals surface area contributed by atoms with Crippen LogP contribution in [0.25, 0.3) is 0 Å². The van der Waals surface area contributed by atoms with Crippen molar-refractivity contribution in [2.24, 2.45) is 5.73 Å². The molecule has 3 nitrogen and oxygen atoms in total. The maximum atomic E-state index is 12.0. The number of halogens is 4. The average Bonchev–Trinajstić information content (AvgIpc) is 1.98. The molecule has 0 radical (unpaired) electrons. The fourth-order valence-corrected chi connectivity index (χ4v) is 1.20. The zero-order chi connectivity index (χ0) is 11.6. The quantitative estimate of drug-likeness (QED) is 0.762. The van der Waals surface area contributed by atoms with Gasteiger partial charge >= 0.3 is 6.18 Å². The third-order valence-corrected chi connectivity index (χ3v) is 1.80. The molecule has 16 heavy (non-hydrogen) atoms. The van der Waals surface area contributed by atoms with Gasteiger partial charge in [-0.1, -0.05) is 0 Å². The summed E-state index contributed by atoms with van der Waals surface area (Å²) in [6.07, 6.45) is -5.57. The molecular formula is C9H11ClF3NO2. The summed E-state index contributed by atoms with van der Waals surface area (Å²) in [5.74, 6) is -0.634. The molecule has 0 aliphatic rings. The van der Waals surface area contributed by atoms with Gasteiger partial charge < -0.3 is 15.9 Å². The number of nitrogens with two attached hydrogens (primary N) is 1. The Hall–Kier alpha value is -1.14. The summed E-state index contributed by atoms with van der Waals surface area (Å²) in [5, 5.41) is 18.1. The van der Waals surface area contributed by atoms with E-state index >= 15 is 0 Å². The van der Waals surface area contributed by atoms with E-state index in [1.807, 2.05) is 0 Å². The lowest BCUT2D eigenvalue weighted by molar-refractivity contribution is -0.138. The predicted molar refractivity (Wildman–Crippen MR) is 54.6 cm³/mol. The molecule has 0 amide bonds. The van der Waals surface area contributed by atoms with Crippen LogP contribution >= 0.6 is 12.4 Å². The van der Waals surface area contributed by atoms with Crippen LogP contribution in [0.1, 0.15) is 18.0 Å². The number of hydrogen-bond donors (Lipinski definition) is 3. The van der Waals surface area contributed by atoms with Crippen molar-refractivity contribution in [2.75, 3.05) is 0 Å². The first-order chi connectivity index (χ1) is 6.78. The summed E-state index contributed by atoms with van der Waals surface area (Å²) in [5.41, 5.74) is 5.32. The number of rotatable bonds is 2. The van der Waals surface area contributed by atoms with Crippen molar-refractivity contribution < 1.29 is 23.4 Å². The molecule has 0 fully saturated rings. The minimum atomic E-state index is -4.37. The van der Waals surface area contributed by atoms with E-state index in [0.29, 0.717) is 0 Å². The molecule has 0 aromatic heterocycles. The van der Waals surface area contributed by atoms with Gasteiger partial charge in [-0.3, -0.25) is 0 Å². The van der Waals surface area contributed by atoms with E-state index in [2.05, 4.69) is 0 Å². The van der Waals surface area contributed by atoms with Crippen LogP contribution in [-0.4, -0.2) is 16.4 Å². The second kappa shape index (κ2) is 5.27. The van der Waals surface area contributed by atoms with Crippen LogP contribution in [0.4, 0.5) is 13.2 Å². The van der Waals surface area contributed by atoms with Crippen molar-refractivity contribution in [1.82, 2.24) is 0 Å². The van der Waals surface area contributed by atoms with Gasteiger partial charge in [0.25, 0.3) is 0 Å². The van der Waals surface area contributed by atoms with E-state index in [4.69, 9.17) is 15.9 Å². The predicted octanol–water partition coefficient (Wildman–Crippen LogP) is 2.47. The second-order valence-corrected chi connectivity index (χ2v) is 3.21. The molecule has 92 valence electrons. The van der Waals surface area contributed by atoms with Crippen LogP contribution in [0, 0.1) is 0 Å². The minimum absolute atomic E-state index is 0. The number of aromatic hydroxyl groups is 2. The standard InChI is InChI=1S/C9H10F3NO2.ClH/c10-9(11,12)4-8(13)5-1-6(14)3-7(15)2-5;/h1-3,8,14-15H,4,13H2;1H/t8-;/m0./s1. The van der Waals surface area contributed by atoms with Gasteiger partial charge in [0.15, 0.2) is 0 Å². The Labute approximate surface area is 96.1 Å². The highest BCUT2D eigenvalue weighted by Crippen LogP contribution is 2.31. The largest absolute Gasteiger partial charge is 0.508 e. The zero-order valence-electron chi connectivity index (χ0n) is 8.03. The molecule has 0 aliphatic carbocycles. The van der Waals surface area contributed by atoms with Gasteiger partial charge in [-0.05, 0) is 17.7 Å². The Morgan fingerprint density at radius 2 is 1.56 bits per heavy atom. The van der Waals surface area contributed by atoms with E-state index in [-0.39, 0.29) is 29.5 Å². The lowest BCUT2D eigenvalue weighted by Crippen LogP contribution is -2.20. The molecule has 0 bridgehead atoms. The monoisotopic (exact) mass is 257 g/mol. The molecular weight excluding hydrogens is 247 g/mol. The Balaban J connectivity index is 0.00000225. The van der Waals surface area contributed by atoms with Gasteiger partial charge in [0.1, 0.15) is 11.5 Å². The highest BCUT2D eigenvalue weighted by molar-refractivity contribution is 5.85. The fourth-order valence-electron chi connectivity index (χ4n) is 1.20. The second-order valence-electron chi connectivity index (χ2n) is 3.21. The van der Waals surface area contributed by atoms with Gasteiger partial charge in [-0.25, -0.2) is 0 Å². The summed E-state index contributed by atoms with van der Waals surface area (Å²) >= 11 is 0. The molecule has 7 heteroatoms. The van der Waals surface area contributed by atoms with Crippen molar-refractivity contribution in [3.8, 4) is 11.5 Å². The first-order valence-electron chi connectivity index (χ1n) is 4.13. The molecule has 0 unspecified atom stereocenters. The van der Waals surface area contributed by atoms with E-state index in [1.54, 1.807) is 0 Å². The maximum absolute atomic E-state index is 12.0. The van der Waals surface area contributed by atoms with Gasteiger partial charge in [0.2, 0.25) is 0 Å². The number of hydrogen-bond acceptors (Lipinski definition) is 3. The number of phenols is 2. The van der Waals surface area contributed by atoms with Crippen molar-refractivity contribution in [1.29, 1.82) is 0 Å². The van der Waals surface area contributed by atoms with Crippen molar-refractivity contribution >= 4 is 12.4 Å². The highest BCUT2D eigenvalue weighted by atomic mass is 35.5. The van der Waals surface area contributed by atoms with Crippen LogP contribution in [0.5, 0.6) is 11.5 Å². The van der Waals surface area contributed by atoms with Crippen LogP contribution in [0.3, 0.4) is 0 Å². The van der Waals surface area contributed by atoms with Crippen LogP contribution < -0.4 is 5.73 Å². The van der Waals surface area contributed by atoms with E-state index in [0.717, 1.165) is 18.2 Å². The van der Waals surface area contributed by atoms with Crippen molar-refractivity contribution in [3.05, 3.63) is 23.8 Å². The summed E-state index contributed by atoms with van der Waals surface area (Å²) in [6, 6.07) is 1.92. The number of benzene rings is 1. The minimum Gasteiger partial charge on any atom is -0.508 e. The van der Waals surface area contributed by atoms with Gasteiger partial charge in [0, 0.05) is 12.1 Å². The molecule has 0 aliphatic heterocycles. The zero-order valence-corrected chi connectivity index (χ0v) is 8.85. The van der Waals surface area contributed by atoms with E-state index in [9.17, 15) is 13.2 Å². The molecule has 1 aromatic carbocycles. The summed E-state index contributed by atoms with van der Waals surface area (Å²) in [7, 11) is 0. The Kier molecular flexibility index (Phi) is 4.89. The number of alkyl halides is 3. The third kappa shape index (κ3) is 4.59. The molecule has 0 spiro atoms. The van der Waals surface area contributed by atoms with Gasteiger partial charge in [0.05, 0.1) is 6.42 Å². The molecule has 0 heterocycles. The average molecular weight is 258 g/mol. The molecule has 0 saturated heterocycles. The molecule has 1 aromatic rings. The lowest BCUT2D eigenvalue weighted by Gasteiger charge is -2.14. The van der Waals surface area contributed by atoms with Gasteiger partial charge in [-0.15, -0.1) is 12.4 Å². The van der Waals surface area contributed by atoms with Crippen LogP contribution in [-0.2, 0) is 0 Å². The van der Waals surface area contributed by atoms with Crippen molar-refractivity contribution in [3.63, 3.8) is 0 Å². The first kappa shape index (κ1) is 14.9. The van der Waals surface area contributed by atoms with Crippen LogP contribution in [0.15, 0.2) is 18.2 Å². The summed E-state index contributed by atoms with van der Waals surface area (Å²) in [4.78, 5) is 0. The Bertz CT molecular complexity index is 337. The smallest absolute Gasteiger partial charge is 0.390 e. The van der Waals surface area contributed by atoms with E-state index in [1.165, 1.54) is 0 Å². The molecule has 1 atom stereocenters. The highest BCUT2D eigenvalue weighted by Gasteiger charge is 2.31. The Morgan fingerprint density at radius 1 is 1.12 bits per heavy atom. The molecule has 4 N–H and O–H groups in total. The Morgan fingerprint density at radius 3 is 1.94 bits per heavy atom. The fraction of sp³-hybridized carbons (Fsp3) is 0.333. The van der Waals surface area contributed by atoms with Crippen molar-refractivity contribution in [2.45, 2.75) is 18.6 Å². The topological polar surface area (TPSA) is 66.5 Å². The lowest BCUT2D eigenvalue weighted by atomic mass is 10.0. The van der Waals surface area contributed by atoms with E-state index < -0.39 is 18.6 Å². The molecule has 1 rings (SSSR count). The SMILES string of the molecule is Cl.N[C@@H](CC(F)(F)F)c1cc(O)cc(O)c1. The molecule has 0 saturated carbocycles. The summed E-state index contributed by atoms with van der Waals surface area (Å²) < 4.78 is 36.0. The third-order valence-electron chi connectivity index (χ3n) is 1.80. The first-order valence-corrected chi connectivity index (χ1v) is 4.13. The number of phenolic OH excluding ortho intramolecular Hbond substituents is 2. The summed E-state index contributed by atoms with van der Waals surface area (Å²) in [6.45, 7) is 0. The maximum Gasteiger partial charge on any atom is 0.390 e. The van der Waals surface area contributed by atoms with Crippen LogP contribution in [0.2, 0.25) is 0 Å².